The number of ether oxygens (including phenoxy) is 3. The van der Waals surface area contributed by atoms with E-state index in [0.29, 0.717) is 45.0 Å². The SMILES string of the molecule is CCC(C)c1nc2c(cc1C(F)(F)F)N(c1nn(C3CCOCC3)c3c1CN(C(=O)OC)CC3)CCO2. The summed E-state index contributed by atoms with van der Waals surface area (Å²) in [5, 5.41) is 4.97. The molecule has 0 N–H and O–H groups in total. The monoisotopic (exact) mass is 523 g/mol. The van der Waals surface area contributed by atoms with Gasteiger partial charge in [0.05, 0.1) is 37.5 Å². The molecule has 1 amide bonds. The first-order chi connectivity index (χ1) is 17.7. The fourth-order valence-corrected chi connectivity index (χ4v) is 5.33. The van der Waals surface area contributed by atoms with Crippen molar-refractivity contribution in [2.24, 2.45) is 0 Å². The van der Waals surface area contributed by atoms with Gasteiger partial charge in [0.15, 0.2) is 5.82 Å². The zero-order valence-electron chi connectivity index (χ0n) is 21.3. The van der Waals surface area contributed by atoms with Gasteiger partial charge in [-0.2, -0.15) is 18.3 Å². The Morgan fingerprint density at radius 2 is 2.00 bits per heavy atom. The van der Waals surface area contributed by atoms with E-state index in [1.165, 1.54) is 7.11 Å². The minimum Gasteiger partial charge on any atom is -0.474 e. The average molecular weight is 524 g/mol. The number of fused-ring (bicyclic) bond motifs is 2. The van der Waals surface area contributed by atoms with E-state index in [1.54, 1.807) is 16.7 Å². The Hall–Kier alpha value is -3.02. The normalized spacial score (nSPS) is 19.2. The molecule has 0 spiro atoms. The van der Waals surface area contributed by atoms with Crippen molar-refractivity contribution in [1.82, 2.24) is 19.7 Å². The molecule has 3 aliphatic rings. The van der Waals surface area contributed by atoms with Gasteiger partial charge in [-0.15, -0.1) is 0 Å². The van der Waals surface area contributed by atoms with Crippen LogP contribution in [0.5, 0.6) is 5.88 Å². The molecule has 202 valence electrons. The number of alkyl halides is 3. The maximum Gasteiger partial charge on any atom is 0.418 e. The van der Waals surface area contributed by atoms with E-state index in [2.05, 4.69) is 4.98 Å². The number of halogens is 3. The summed E-state index contributed by atoms with van der Waals surface area (Å²) in [6.07, 6.45) is -2.32. The van der Waals surface area contributed by atoms with E-state index >= 15 is 0 Å². The second-order valence-electron chi connectivity index (χ2n) is 9.73. The van der Waals surface area contributed by atoms with Crippen LogP contribution in [0.4, 0.5) is 29.5 Å². The lowest BCUT2D eigenvalue weighted by Crippen LogP contribution is -2.37. The van der Waals surface area contributed by atoms with E-state index in [-0.39, 0.29) is 42.4 Å². The Bertz CT molecular complexity index is 1160. The lowest BCUT2D eigenvalue weighted by Gasteiger charge is -2.33. The van der Waals surface area contributed by atoms with Crippen molar-refractivity contribution in [3.05, 3.63) is 28.6 Å². The van der Waals surface area contributed by atoms with E-state index in [1.807, 2.05) is 11.6 Å². The van der Waals surface area contributed by atoms with Gasteiger partial charge in [0.25, 0.3) is 0 Å². The lowest BCUT2D eigenvalue weighted by molar-refractivity contribution is -0.138. The first kappa shape index (κ1) is 25.6. The second-order valence-corrected chi connectivity index (χ2v) is 9.73. The van der Waals surface area contributed by atoms with Crippen LogP contribution < -0.4 is 9.64 Å². The van der Waals surface area contributed by atoms with Gasteiger partial charge in [-0.25, -0.2) is 9.78 Å². The maximum atomic E-state index is 14.2. The molecule has 0 aliphatic carbocycles. The first-order valence-electron chi connectivity index (χ1n) is 12.8. The number of rotatable bonds is 4. The van der Waals surface area contributed by atoms with Gasteiger partial charge in [0, 0.05) is 37.4 Å². The second kappa shape index (κ2) is 10.0. The molecule has 2 aromatic heterocycles. The number of nitrogens with zero attached hydrogens (tertiary/aromatic N) is 5. The summed E-state index contributed by atoms with van der Waals surface area (Å²) < 4.78 is 60.7. The van der Waals surface area contributed by atoms with Crippen molar-refractivity contribution in [2.75, 3.05) is 44.9 Å². The first-order valence-corrected chi connectivity index (χ1v) is 12.8. The van der Waals surface area contributed by atoms with E-state index in [4.69, 9.17) is 19.3 Å². The standard InChI is InChI=1S/C25H32F3N5O4/c1-4-15(2)21-18(25(26,27)28)13-20-23(29-21)37-12-9-32(20)22-17-14-31(24(34)35-3)8-5-19(17)33(30-22)16-6-10-36-11-7-16/h13,15-16H,4-12,14H2,1-3H3. The average Bonchev–Trinajstić information content (AvgIpc) is 3.29. The largest absolute Gasteiger partial charge is 0.474 e. The van der Waals surface area contributed by atoms with Crippen LogP contribution in [-0.2, 0) is 28.6 Å². The smallest absolute Gasteiger partial charge is 0.418 e. The number of hydrogen-bond acceptors (Lipinski definition) is 7. The highest BCUT2D eigenvalue weighted by Crippen LogP contribution is 2.45. The van der Waals surface area contributed by atoms with Gasteiger partial charge >= 0.3 is 12.3 Å². The van der Waals surface area contributed by atoms with Gasteiger partial charge in [-0.1, -0.05) is 13.8 Å². The molecular formula is C25H32F3N5O4. The fraction of sp³-hybridized carbons (Fsp3) is 0.640. The number of anilines is 2. The van der Waals surface area contributed by atoms with E-state index in [9.17, 15) is 18.0 Å². The van der Waals surface area contributed by atoms with Crippen LogP contribution in [0.3, 0.4) is 0 Å². The van der Waals surface area contributed by atoms with Crippen LogP contribution in [0.15, 0.2) is 6.07 Å². The van der Waals surface area contributed by atoms with E-state index < -0.39 is 17.8 Å². The third kappa shape index (κ3) is 4.71. The van der Waals surface area contributed by atoms with Crippen molar-refractivity contribution in [3.63, 3.8) is 0 Å². The molecule has 5 heterocycles. The number of amides is 1. The quantitative estimate of drug-likeness (QED) is 0.569. The maximum absolute atomic E-state index is 14.2. The summed E-state index contributed by atoms with van der Waals surface area (Å²) in [5.41, 5.74) is 1.28. The molecule has 1 saturated heterocycles. The van der Waals surface area contributed by atoms with Crippen molar-refractivity contribution in [2.45, 2.75) is 64.2 Å². The molecule has 0 radical (unpaired) electrons. The Kier molecular flexibility index (Phi) is 6.95. The van der Waals surface area contributed by atoms with Crippen molar-refractivity contribution < 1.29 is 32.2 Å². The topological polar surface area (TPSA) is 82.0 Å². The summed E-state index contributed by atoms with van der Waals surface area (Å²) in [6.45, 7) is 6.12. The number of carbonyl (C=O) groups is 1. The van der Waals surface area contributed by atoms with Crippen LogP contribution in [0, 0.1) is 0 Å². The highest BCUT2D eigenvalue weighted by molar-refractivity contribution is 5.72. The number of carbonyl (C=O) groups excluding carboxylic acids is 1. The third-order valence-electron chi connectivity index (χ3n) is 7.52. The fourth-order valence-electron chi connectivity index (χ4n) is 5.33. The number of aromatic nitrogens is 3. The molecule has 12 heteroatoms. The molecule has 1 atom stereocenters. The van der Waals surface area contributed by atoms with E-state index in [0.717, 1.165) is 30.2 Å². The van der Waals surface area contributed by atoms with Crippen molar-refractivity contribution in [1.29, 1.82) is 0 Å². The Morgan fingerprint density at radius 3 is 2.68 bits per heavy atom. The molecule has 1 fully saturated rings. The van der Waals surface area contributed by atoms with Gasteiger partial charge in [-0.05, 0) is 31.2 Å². The molecule has 9 nitrogen and oxygen atoms in total. The number of methoxy groups -OCH3 is 1. The Labute approximate surface area is 213 Å². The summed E-state index contributed by atoms with van der Waals surface area (Å²) in [6, 6.07) is 1.27. The Morgan fingerprint density at radius 1 is 1.24 bits per heavy atom. The zero-order chi connectivity index (χ0) is 26.3. The van der Waals surface area contributed by atoms with Crippen LogP contribution in [-0.4, -0.2) is 65.8 Å². The summed E-state index contributed by atoms with van der Waals surface area (Å²) in [4.78, 5) is 20.1. The minimum atomic E-state index is -4.56. The van der Waals surface area contributed by atoms with Crippen LogP contribution in [0.25, 0.3) is 0 Å². The lowest BCUT2D eigenvalue weighted by atomic mass is 9.98. The summed E-state index contributed by atoms with van der Waals surface area (Å²) in [5.74, 6) is 0.324. The van der Waals surface area contributed by atoms with Gasteiger partial charge in [-0.3, -0.25) is 4.68 Å². The zero-order valence-corrected chi connectivity index (χ0v) is 21.3. The third-order valence-corrected chi connectivity index (χ3v) is 7.52. The molecule has 37 heavy (non-hydrogen) atoms. The molecule has 0 aromatic carbocycles. The van der Waals surface area contributed by atoms with Gasteiger partial charge in [0.1, 0.15) is 12.3 Å². The highest BCUT2D eigenvalue weighted by Gasteiger charge is 2.40. The van der Waals surface area contributed by atoms with Crippen LogP contribution >= 0.6 is 0 Å². The Balaban J connectivity index is 1.63. The molecular weight excluding hydrogens is 491 g/mol. The minimum absolute atomic E-state index is 0.0118. The highest BCUT2D eigenvalue weighted by atomic mass is 19.4. The predicted molar refractivity (Wildman–Crippen MR) is 128 cm³/mol. The van der Waals surface area contributed by atoms with Gasteiger partial charge < -0.3 is 24.0 Å². The molecule has 0 saturated carbocycles. The van der Waals surface area contributed by atoms with Crippen molar-refractivity contribution in [3.8, 4) is 5.88 Å². The summed E-state index contributed by atoms with van der Waals surface area (Å²) in [7, 11) is 1.33. The predicted octanol–water partition coefficient (Wildman–Crippen LogP) is 4.82. The van der Waals surface area contributed by atoms with Crippen molar-refractivity contribution >= 4 is 17.6 Å². The molecule has 5 rings (SSSR count). The number of pyridine rings is 1. The molecule has 0 bridgehead atoms. The van der Waals surface area contributed by atoms with Crippen LogP contribution in [0.1, 0.15) is 67.6 Å². The molecule has 1 unspecified atom stereocenters. The number of hydrogen-bond donors (Lipinski definition) is 0. The molecule has 2 aromatic rings. The van der Waals surface area contributed by atoms with Gasteiger partial charge in [0.2, 0.25) is 5.88 Å². The van der Waals surface area contributed by atoms with Crippen LogP contribution in [0.2, 0.25) is 0 Å². The molecule has 3 aliphatic heterocycles. The summed E-state index contributed by atoms with van der Waals surface area (Å²) >= 11 is 0.